The first-order chi connectivity index (χ1) is 4.85. The Morgan fingerprint density at radius 2 is 1.82 bits per heavy atom. The average Bonchev–Trinajstić information content (AvgIpc) is 1.98. The fourth-order valence-electron chi connectivity index (χ4n) is 1.33. The maximum absolute atomic E-state index is 2.32. The van der Waals surface area contributed by atoms with Gasteiger partial charge in [-0.1, -0.05) is 0 Å². The predicted molar refractivity (Wildman–Crippen MR) is 48.5 cm³/mol. The summed E-state index contributed by atoms with van der Waals surface area (Å²) >= 11 is 2.11. The second-order valence-electron chi connectivity index (χ2n) is 3.06. The average molecular weight is 231 g/mol. The molecular formula is C9H19BrMg. The second-order valence-corrected chi connectivity index (χ2v) is 3.77. The Balaban J connectivity index is 0. The molecule has 64 valence electrons. The van der Waals surface area contributed by atoms with Crippen LogP contribution in [-0.4, -0.2) is 21.7 Å². The Bertz CT molecular complexity index is 66.6. The van der Waals surface area contributed by atoms with Gasteiger partial charge in [0.15, 0.2) is 0 Å². The van der Waals surface area contributed by atoms with Gasteiger partial charge in [0.05, 0.1) is 0 Å². The Hall–Kier alpha value is 1.25. The molecule has 0 saturated heterocycles. The minimum atomic E-state index is 0. The third-order valence-corrected chi connectivity index (χ3v) is 2.56. The van der Waals surface area contributed by atoms with Crippen LogP contribution in [0.5, 0.6) is 0 Å². The molecule has 1 unspecified atom stereocenters. The summed E-state index contributed by atoms with van der Waals surface area (Å²) in [6.45, 7) is 4.60. The zero-order valence-corrected chi connectivity index (χ0v) is 10.9. The van der Waals surface area contributed by atoms with Crippen molar-refractivity contribution in [1.29, 1.82) is 0 Å². The molecule has 0 spiro atoms. The fraction of sp³-hybridized carbons (Fsp3) is 1.00. The molecule has 0 aliphatic heterocycles. The number of hydrogen-bond acceptors (Lipinski definition) is 0. The summed E-state index contributed by atoms with van der Waals surface area (Å²) in [5.41, 5.74) is 0. The number of hydrogen-bond donors (Lipinski definition) is 0. The van der Waals surface area contributed by atoms with E-state index in [0.717, 1.165) is 5.92 Å². The van der Waals surface area contributed by atoms with Crippen molar-refractivity contribution in [1.82, 2.24) is 0 Å². The Labute approximate surface area is 94.7 Å². The summed E-state index contributed by atoms with van der Waals surface area (Å²) in [7, 11) is 0. The van der Waals surface area contributed by atoms with Gasteiger partial charge < -0.3 is 17.0 Å². The molecule has 1 atom stereocenters. The molecule has 0 aromatic heterocycles. The number of halogens is 1. The molecule has 0 aliphatic rings. The van der Waals surface area contributed by atoms with E-state index in [1.165, 1.54) is 36.7 Å². The van der Waals surface area contributed by atoms with Crippen LogP contribution in [0.15, 0.2) is 0 Å². The molecule has 0 heterocycles. The maximum Gasteiger partial charge on any atom is -1.00 e. The summed E-state index contributed by atoms with van der Waals surface area (Å²) in [5.74, 6) is 1.03. The van der Waals surface area contributed by atoms with E-state index in [4.69, 9.17) is 0 Å². The van der Waals surface area contributed by atoms with Gasteiger partial charge in [-0.3, -0.25) is 0 Å². The molecule has 0 fully saturated rings. The van der Waals surface area contributed by atoms with E-state index in [0.29, 0.717) is 0 Å². The second kappa shape index (κ2) is 11.2. The summed E-state index contributed by atoms with van der Waals surface area (Å²) in [6.07, 6.45) is 7.10. The van der Waals surface area contributed by atoms with Crippen molar-refractivity contribution < 1.29 is 17.0 Å². The molecule has 0 saturated carbocycles. The summed E-state index contributed by atoms with van der Waals surface area (Å²) in [6, 6.07) is 0. The quantitative estimate of drug-likeness (QED) is 0.572. The molecule has 11 heavy (non-hydrogen) atoms. The first-order valence-corrected chi connectivity index (χ1v) is 5.64. The van der Waals surface area contributed by atoms with Gasteiger partial charge in [0, 0.05) is 0 Å². The van der Waals surface area contributed by atoms with Gasteiger partial charge in [-0.05, 0) is 0 Å². The van der Waals surface area contributed by atoms with Crippen LogP contribution in [0.2, 0.25) is 4.55 Å². The third-order valence-electron chi connectivity index (χ3n) is 2.16. The zero-order valence-electron chi connectivity index (χ0n) is 7.91. The minimum Gasteiger partial charge on any atom is -1.00 e. The molecule has 0 N–H and O–H groups in total. The molecule has 0 aromatic carbocycles. The number of unbranched alkanes of at least 4 members (excludes halogenated alkanes) is 1. The zero-order chi connectivity index (χ0) is 7.82. The van der Waals surface area contributed by atoms with Gasteiger partial charge in [0.1, 0.15) is 0 Å². The molecule has 0 nitrogen and oxygen atoms in total. The first kappa shape index (κ1) is 14.8. The van der Waals surface area contributed by atoms with Gasteiger partial charge in [0.25, 0.3) is 0 Å². The van der Waals surface area contributed by atoms with Crippen LogP contribution in [0.3, 0.4) is 0 Å². The van der Waals surface area contributed by atoms with Gasteiger partial charge in [-0.2, -0.15) is 0 Å². The molecular weight excluding hydrogens is 212 g/mol. The molecule has 0 aromatic rings. The van der Waals surface area contributed by atoms with Crippen molar-refractivity contribution in [3.05, 3.63) is 0 Å². The fourth-order valence-corrected chi connectivity index (χ4v) is 1.91. The van der Waals surface area contributed by atoms with Crippen molar-refractivity contribution in [2.75, 3.05) is 0 Å². The van der Waals surface area contributed by atoms with E-state index >= 15 is 0 Å². The van der Waals surface area contributed by atoms with Crippen LogP contribution in [0, 0.1) is 5.92 Å². The maximum atomic E-state index is 2.32. The molecule has 0 aliphatic carbocycles. The van der Waals surface area contributed by atoms with Crippen LogP contribution in [0.25, 0.3) is 0 Å². The summed E-state index contributed by atoms with van der Waals surface area (Å²) < 4.78 is 1.39. The Kier molecular flexibility index (Phi) is 15.1. The van der Waals surface area contributed by atoms with Crippen molar-refractivity contribution in [2.45, 2.75) is 50.5 Å². The molecule has 0 radical (unpaired) electrons. The standard InChI is InChI=1S/C9H19.BrH.Mg/c1-4-7-8-9(5-2)6-3;;/h9H,2,4-8H2,1,3H3;1H;/q;;+1/p-1. The van der Waals surface area contributed by atoms with Gasteiger partial charge in [-0.25, -0.2) is 0 Å². The Morgan fingerprint density at radius 3 is 2.18 bits per heavy atom. The number of rotatable bonds is 6. The van der Waals surface area contributed by atoms with E-state index < -0.39 is 0 Å². The topological polar surface area (TPSA) is 0 Å². The smallest absolute Gasteiger partial charge is 1.00 e. The van der Waals surface area contributed by atoms with Crippen LogP contribution < -0.4 is 17.0 Å². The first-order valence-electron chi connectivity index (χ1n) is 4.64. The van der Waals surface area contributed by atoms with Crippen molar-refractivity contribution in [3.63, 3.8) is 0 Å². The van der Waals surface area contributed by atoms with Crippen LogP contribution in [0.4, 0.5) is 0 Å². The van der Waals surface area contributed by atoms with Gasteiger partial charge in [0.2, 0.25) is 0 Å². The van der Waals surface area contributed by atoms with Crippen molar-refractivity contribution >= 4 is 21.7 Å². The third kappa shape index (κ3) is 9.16. The summed E-state index contributed by atoms with van der Waals surface area (Å²) in [5, 5.41) is 0. The van der Waals surface area contributed by atoms with Crippen LogP contribution in [0.1, 0.15) is 46.0 Å². The predicted octanol–water partition coefficient (Wildman–Crippen LogP) is 0.184. The van der Waals surface area contributed by atoms with E-state index in [1.807, 2.05) is 0 Å². The van der Waals surface area contributed by atoms with Crippen molar-refractivity contribution in [3.8, 4) is 0 Å². The van der Waals surface area contributed by atoms with Crippen molar-refractivity contribution in [2.24, 2.45) is 5.92 Å². The summed E-state index contributed by atoms with van der Waals surface area (Å²) in [4.78, 5) is 0. The van der Waals surface area contributed by atoms with Gasteiger partial charge >= 0.3 is 78.1 Å². The van der Waals surface area contributed by atoms with Gasteiger partial charge in [-0.15, -0.1) is 0 Å². The minimum absolute atomic E-state index is 0. The van der Waals surface area contributed by atoms with E-state index in [2.05, 4.69) is 35.6 Å². The molecule has 0 bridgehead atoms. The van der Waals surface area contributed by atoms with E-state index in [9.17, 15) is 0 Å². The van der Waals surface area contributed by atoms with E-state index in [-0.39, 0.29) is 17.0 Å². The molecule has 2 heteroatoms. The SMILES string of the molecule is CCCCC(CC)C[CH2][Mg+].[Br-]. The normalized spacial score (nSPS) is 12.4. The molecule has 0 rings (SSSR count). The largest absolute Gasteiger partial charge is 1.00 e. The van der Waals surface area contributed by atoms with Crippen LogP contribution >= 0.6 is 0 Å². The molecule has 0 amide bonds. The van der Waals surface area contributed by atoms with E-state index in [1.54, 1.807) is 0 Å². The monoisotopic (exact) mass is 230 g/mol. The van der Waals surface area contributed by atoms with Crippen LogP contribution in [-0.2, 0) is 0 Å². The Morgan fingerprint density at radius 1 is 1.18 bits per heavy atom.